The number of nitrogens with one attached hydrogen (secondary N) is 2. The van der Waals surface area contributed by atoms with E-state index in [0.717, 1.165) is 30.8 Å². The molecular weight excluding hydrogens is 198 g/mol. The van der Waals surface area contributed by atoms with Crippen LogP contribution in [0.2, 0.25) is 0 Å². The van der Waals surface area contributed by atoms with Crippen LogP contribution in [0.5, 0.6) is 0 Å². The van der Waals surface area contributed by atoms with Gasteiger partial charge in [0.2, 0.25) is 0 Å². The van der Waals surface area contributed by atoms with Crippen LogP contribution >= 0.6 is 0 Å². The van der Waals surface area contributed by atoms with E-state index in [4.69, 9.17) is 0 Å². The second kappa shape index (κ2) is 4.58. The number of aromatic amines is 1. The van der Waals surface area contributed by atoms with Crippen LogP contribution in [0.15, 0.2) is 12.3 Å². The van der Waals surface area contributed by atoms with Crippen LogP contribution < -0.4 is 5.32 Å². The standard InChI is InChI=1S/C13H21N3/c1-2-11-7-10(1)8-12(11)3-5-14-9-13-4-6-15-16-13/h4,6,10-12,14H,1-3,5,7-9H2,(H,15,16). The first-order valence-electron chi connectivity index (χ1n) is 6.61. The minimum atomic E-state index is 0.931. The zero-order valence-electron chi connectivity index (χ0n) is 9.78. The average molecular weight is 219 g/mol. The van der Waals surface area contributed by atoms with Crippen LogP contribution in [0, 0.1) is 17.8 Å². The second-order valence-corrected chi connectivity index (χ2v) is 5.48. The number of H-pyrrole nitrogens is 1. The Kier molecular flexibility index (Phi) is 2.96. The van der Waals surface area contributed by atoms with Gasteiger partial charge in [-0.05, 0) is 56.0 Å². The minimum absolute atomic E-state index is 0.931. The van der Waals surface area contributed by atoms with Gasteiger partial charge in [0, 0.05) is 18.4 Å². The molecule has 3 atom stereocenters. The quantitative estimate of drug-likeness (QED) is 0.746. The molecule has 0 aromatic carbocycles. The van der Waals surface area contributed by atoms with Crippen molar-refractivity contribution < 1.29 is 0 Å². The van der Waals surface area contributed by atoms with Gasteiger partial charge in [0.15, 0.2) is 0 Å². The fourth-order valence-corrected chi connectivity index (χ4v) is 3.62. The Labute approximate surface area is 97.0 Å². The van der Waals surface area contributed by atoms with Crippen LogP contribution in [-0.2, 0) is 6.54 Å². The zero-order valence-corrected chi connectivity index (χ0v) is 9.78. The van der Waals surface area contributed by atoms with Gasteiger partial charge in [0.05, 0.1) is 0 Å². The number of rotatable bonds is 5. The van der Waals surface area contributed by atoms with Crippen molar-refractivity contribution in [2.45, 2.75) is 38.6 Å². The zero-order chi connectivity index (χ0) is 10.8. The van der Waals surface area contributed by atoms with Crippen molar-refractivity contribution in [3.8, 4) is 0 Å². The van der Waals surface area contributed by atoms with E-state index in [9.17, 15) is 0 Å². The average Bonchev–Trinajstić information content (AvgIpc) is 3.01. The van der Waals surface area contributed by atoms with Crippen molar-refractivity contribution in [1.82, 2.24) is 15.5 Å². The molecule has 0 amide bonds. The smallest absolute Gasteiger partial charge is 0.0490 e. The largest absolute Gasteiger partial charge is 0.311 e. The SMILES string of the molecule is c1cc(CNCCC2CC3CCC2C3)[nH]n1. The topological polar surface area (TPSA) is 40.7 Å². The first-order chi connectivity index (χ1) is 7.92. The molecule has 2 saturated carbocycles. The molecule has 2 aliphatic rings. The van der Waals surface area contributed by atoms with Crippen LogP contribution in [0.3, 0.4) is 0 Å². The minimum Gasteiger partial charge on any atom is -0.311 e. The van der Waals surface area contributed by atoms with Gasteiger partial charge in [-0.15, -0.1) is 0 Å². The lowest BCUT2D eigenvalue weighted by Gasteiger charge is -2.21. The van der Waals surface area contributed by atoms with Gasteiger partial charge in [0.1, 0.15) is 0 Å². The molecule has 16 heavy (non-hydrogen) atoms. The lowest BCUT2D eigenvalue weighted by Crippen LogP contribution is -2.20. The van der Waals surface area contributed by atoms with Crippen molar-refractivity contribution in [3.05, 3.63) is 18.0 Å². The molecule has 1 aromatic rings. The lowest BCUT2D eigenvalue weighted by atomic mass is 9.86. The van der Waals surface area contributed by atoms with Crippen molar-refractivity contribution in [2.75, 3.05) is 6.54 Å². The highest BCUT2D eigenvalue weighted by Crippen LogP contribution is 2.49. The van der Waals surface area contributed by atoms with Gasteiger partial charge < -0.3 is 5.32 Å². The van der Waals surface area contributed by atoms with E-state index in [1.54, 1.807) is 0 Å². The van der Waals surface area contributed by atoms with E-state index in [1.165, 1.54) is 37.8 Å². The van der Waals surface area contributed by atoms with E-state index in [1.807, 2.05) is 12.3 Å². The predicted octanol–water partition coefficient (Wildman–Crippen LogP) is 2.33. The third-order valence-corrected chi connectivity index (χ3v) is 4.45. The predicted molar refractivity (Wildman–Crippen MR) is 63.8 cm³/mol. The highest BCUT2D eigenvalue weighted by Gasteiger charge is 2.38. The molecule has 2 fully saturated rings. The summed E-state index contributed by atoms with van der Waals surface area (Å²) in [6, 6.07) is 2.03. The molecule has 2 bridgehead atoms. The van der Waals surface area contributed by atoms with Crippen molar-refractivity contribution in [3.63, 3.8) is 0 Å². The normalized spacial score (nSPS) is 32.4. The maximum absolute atomic E-state index is 3.94. The first-order valence-corrected chi connectivity index (χ1v) is 6.61. The van der Waals surface area contributed by atoms with Crippen molar-refractivity contribution in [1.29, 1.82) is 0 Å². The molecule has 2 aliphatic carbocycles. The molecule has 3 rings (SSSR count). The van der Waals surface area contributed by atoms with Gasteiger partial charge >= 0.3 is 0 Å². The van der Waals surface area contributed by atoms with Crippen LogP contribution in [-0.4, -0.2) is 16.7 Å². The van der Waals surface area contributed by atoms with E-state index in [0.29, 0.717) is 0 Å². The van der Waals surface area contributed by atoms with E-state index in [2.05, 4.69) is 15.5 Å². The third kappa shape index (κ3) is 2.14. The maximum atomic E-state index is 3.94. The maximum Gasteiger partial charge on any atom is 0.0490 e. The van der Waals surface area contributed by atoms with Gasteiger partial charge in [0.25, 0.3) is 0 Å². The molecule has 3 heteroatoms. The molecule has 88 valence electrons. The molecule has 0 spiro atoms. The summed E-state index contributed by atoms with van der Waals surface area (Å²) >= 11 is 0. The summed E-state index contributed by atoms with van der Waals surface area (Å²) in [6.45, 7) is 2.09. The summed E-state index contributed by atoms with van der Waals surface area (Å²) in [5.41, 5.74) is 1.19. The lowest BCUT2D eigenvalue weighted by molar-refractivity contribution is 0.310. The molecule has 0 saturated heterocycles. The monoisotopic (exact) mass is 219 g/mol. The number of aromatic nitrogens is 2. The number of hydrogen-bond donors (Lipinski definition) is 2. The Morgan fingerprint density at radius 2 is 2.38 bits per heavy atom. The molecule has 2 N–H and O–H groups in total. The number of fused-ring (bicyclic) bond motifs is 2. The van der Waals surface area contributed by atoms with Gasteiger partial charge in [-0.3, -0.25) is 5.10 Å². The fraction of sp³-hybridized carbons (Fsp3) is 0.769. The van der Waals surface area contributed by atoms with Crippen LogP contribution in [0.4, 0.5) is 0 Å². The van der Waals surface area contributed by atoms with E-state index < -0.39 is 0 Å². The second-order valence-electron chi connectivity index (χ2n) is 5.48. The van der Waals surface area contributed by atoms with Crippen molar-refractivity contribution in [2.24, 2.45) is 17.8 Å². The summed E-state index contributed by atoms with van der Waals surface area (Å²) in [5, 5.41) is 10.4. The van der Waals surface area contributed by atoms with Gasteiger partial charge in [-0.1, -0.05) is 6.42 Å². The summed E-state index contributed by atoms with van der Waals surface area (Å²) in [7, 11) is 0. The van der Waals surface area contributed by atoms with Crippen molar-refractivity contribution >= 4 is 0 Å². The van der Waals surface area contributed by atoms with Gasteiger partial charge in [-0.25, -0.2) is 0 Å². The van der Waals surface area contributed by atoms with Gasteiger partial charge in [-0.2, -0.15) is 5.10 Å². The molecule has 1 aromatic heterocycles. The van der Waals surface area contributed by atoms with E-state index >= 15 is 0 Å². The Bertz CT molecular complexity index is 320. The molecule has 3 nitrogen and oxygen atoms in total. The third-order valence-electron chi connectivity index (χ3n) is 4.45. The Hall–Kier alpha value is -0.830. The summed E-state index contributed by atoms with van der Waals surface area (Å²) < 4.78 is 0. The summed E-state index contributed by atoms with van der Waals surface area (Å²) in [5.74, 6) is 3.18. The summed E-state index contributed by atoms with van der Waals surface area (Å²) in [4.78, 5) is 0. The highest BCUT2D eigenvalue weighted by atomic mass is 15.1. The number of nitrogens with zero attached hydrogens (tertiary/aromatic N) is 1. The molecule has 0 radical (unpaired) electrons. The fourth-order valence-electron chi connectivity index (χ4n) is 3.62. The van der Waals surface area contributed by atoms with E-state index in [-0.39, 0.29) is 0 Å². The molecule has 0 aliphatic heterocycles. The van der Waals surface area contributed by atoms with Crippen LogP contribution in [0.1, 0.15) is 37.8 Å². The van der Waals surface area contributed by atoms with Crippen LogP contribution in [0.25, 0.3) is 0 Å². The molecular formula is C13H21N3. The Balaban J connectivity index is 1.35. The number of hydrogen-bond acceptors (Lipinski definition) is 2. The summed E-state index contributed by atoms with van der Waals surface area (Å²) in [6.07, 6.45) is 9.25. The molecule has 3 unspecified atom stereocenters. The Morgan fingerprint density at radius 1 is 1.38 bits per heavy atom. The first kappa shape index (κ1) is 10.3. The molecule has 1 heterocycles. The highest BCUT2D eigenvalue weighted by molar-refractivity contribution is 4.96. The Morgan fingerprint density at radius 3 is 3.06 bits per heavy atom.